The Morgan fingerprint density at radius 1 is 1.25 bits per heavy atom. The summed E-state index contributed by atoms with van der Waals surface area (Å²) in [4.78, 5) is 28.2. The van der Waals surface area contributed by atoms with E-state index in [1.807, 2.05) is 41.3 Å². The molecule has 1 amide bonds. The van der Waals surface area contributed by atoms with Gasteiger partial charge in [0, 0.05) is 48.1 Å². The first kappa shape index (κ1) is 30.3. The molecule has 3 atom stereocenters. The fourth-order valence-electron chi connectivity index (χ4n) is 6.77. The van der Waals surface area contributed by atoms with Crippen molar-refractivity contribution >= 4 is 34.1 Å². The van der Waals surface area contributed by atoms with Crippen molar-refractivity contribution < 1.29 is 18.7 Å². The van der Waals surface area contributed by atoms with Gasteiger partial charge in [0.05, 0.1) is 36.4 Å². The summed E-state index contributed by atoms with van der Waals surface area (Å²) >= 11 is 6.66. The van der Waals surface area contributed by atoms with Crippen molar-refractivity contribution in [2.24, 2.45) is 0 Å². The number of carbonyl (C=O) groups excluding carboxylic acids is 1. The molecule has 3 aliphatic rings. The normalized spacial score (nSPS) is 23.8. The van der Waals surface area contributed by atoms with Gasteiger partial charge in [-0.15, -0.1) is 0 Å². The molecule has 0 saturated carbocycles. The van der Waals surface area contributed by atoms with Crippen LogP contribution in [0, 0.1) is 11.3 Å². The monoisotopic (exact) mass is 618 g/mol. The van der Waals surface area contributed by atoms with Crippen LogP contribution in [-0.2, 0) is 22.6 Å². The van der Waals surface area contributed by atoms with E-state index < -0.39 is 17.3 Å². The van der Waals surface area contributed by atoms with Gasteiger partial charge in [-0.2, -0.15) is 15.2 Å². The molecule has 4 heterocycles. The maximum absolute atomic E-state index is 14.0. The predicted octanol–water partition coefficient (Wildman–Crippen LogP) is 5.37. The number of rotatable bonds is 7. The molecular weight excluding hydrogens is 583 g/mol. The lowest BCUT2D eigenvalue weighted by Gasteiger charge is -2.48. The summed E-state index contributed by atoms with van der Waals surface area (Å²) in [5.41, 5.74) is 1.70. The van der Waals surface area contributed by atoms with Crippen LogP contribution in [-0.4, -0.2) is 77.1 Å². The molecule has 0 aliphatic carbocycles. The highest BCUT2D eigenvalue weighted by molar-refractivity contribution is 6.35. The van der Waals surface area contributed by atoms with Crippen LogP contribution in [0.5, 0.6) is 6.01 Å². The lowest BCUT2D eigenvalue weighted by molar-refractivity contribution is -0.135. The first-order valence-corrected chi connectivity index (χ1v) is 15.4. The van der Waals surface area contributed by atoms with Gasteiger partial charge in [0.2, 0.25) is 0 Å². The third-order valence-electron chi connectivity index (χ3n) is 9.18. The van der Waals surface area contributed by atoms with E-state index in [1.54, 1.807) is 6.92 Å². The third kappa shape index (κ3) is 5.72. The van der Waals surface area contributed by atoms with E-state index in [9.17, 15) is 14.4 Å². The molecule has 3 aromatic rings. The number of hydrogen-bond donors (Lipinski definition) is 0. The van der Waals surface area contributed by atoms with Crippen LogP contribution in [0.3, 0.4) is 0 Å². The van der Waals surface area contributed by atoms with Gasteiger partial charge in [-0.3, -0.25) is 4.79 Å². The summed E-state index contributed by atoms with van der Waals surface area (Å²) in [7, 11) is 2.10. The van der Waals surface area contributed by atoms with E-state index >= 15 is 0 Å². The Kier molecular flexibility index (Phi) is 8.46. The minimum Gasteiger partial charge on any atom is -0.462 e. The van der Waals surface area contributed by atoms with Crippen LogP contribution in [0.25, 0.3) is 10.8 Å². The molecule has 2 saturated heterocycles. The Balaban J connectivity index is 1.36. The summed E-state index contributed by atoms with van der Waals surface area (Å²) in [5.74, 6) is -1.19. The smallest absolute Gasteiger partial charge is 0.318 e. The molecular formula is C33H36ClFN6O3. The summed E-state index contributed by atoms with van der Waals surface area (Å²) in [5, 5.41) is 12.3. The largest absolute Gasteiger partial charge is 0.462 e. The van der Waals surface area contributed by atoms with Crippen LogP contribution < -0.4 is 9.64 Å². The molecule has 0 N–H and O–H groups in total. The molecule has 9 nitrogen and oxygen atoms in total. The van der Waals surface area contributed by atoms with Gasteiger partial charge in [0.25, 0.3) is 5.91 Å². The van der Waals surface area contributed by atoms with Crippen molar-refractivity contribution in [3.05, 3.63) is 70.6 Å². The van der Waals surface area contributed by atoms with Crippen molar-refractivity contribution in [2.75, 3.05) is 44.7 Å². The van der Waals surface area contributed by atoms with Crippen LogP contribution in [0.15, 0.2) is 48.8 Å². The second-order valence-corrected chi connectivity index (χ2v) is 12.6. The van der Waals surface area contributed by atoms with E-state index in [0.717, 1.165) is 47.0 Å². The molecule has 0 unspecified atom stereocenters. The number of piperazine rings is 1. The van der Waals surface area contributed by atoms with E-state index in [0.29, 0.717) is 30.4 Å². The number of hydrogen-bond acceptors (Lipinski definition) is 8. The van der Waals surface area contributed by atoms with Crippen LogP contribution in [0.1, 0.15) is 49.1 Å². The van der Waals surface area contributed by atoms with E-state index in [1.165, 1.54) is 4.90 Å². The molecule has 11 heteroatoms. The number of carbonyl (C=O) groups is 1. The first-order valence-electron chi connectivity index (χ1n) is 15.0. The van der Waals surface area contributed by atoms with Crippen molar-refractivity contribution in [1.82, 2.24) is 19.8 Å². The molecule has 0 radical (unpaired) electrons. The van der Waals surface area contributed by atoms with Crippen molar-refractivity contribution in [3.8, 4) is 12.1 Å². The van der Waals surface area contributed by atoms with Crippen LogP contribution >= 0.6 is 11.6 Å². The topological polar surface area (TPSA) is 94.8 Å². The van der Waals surface area contributed by atoms with Crippen LogP contribution in [0.4, 0.5) is 10.2 Å². The van der Waals surface area contributed by atoms with E-state index in [4.69, 9.17) is 31.0 Å². The number of benzene rings is 2. The Morgan fingerprint density at radius 2 is 2.05 bits per heavy atom. The van der Waals surface area contributed by atoms with Gasteiger partial charge in [0.15, 0.2) is 5.83 Å². The zero-order chi connectivity index (χ0) is 31.0. The summed E-state index contributed by atoms with van der Waals surface area (Å²) in [6, 6.07) is 14.7. The fourth-order valence-corrected chi connectivity index (χ4v) is 7.06. The van der Waals surface area contributed by atoms with Gasteiger partial charge in [-0.05, 0) is 50.4 Å². The summed E-state index contributed by atoms with van der Waals surface area (Å²) in [6.07, 6.45) is 2.41. The number of anilines is 1. The standard InChI is InChI=1S/C33H36ClFN6O3/c1-21(35)31(42)41-16-15-40(20-33(41,2)12-13-36)30-25-19-43-28(24-10-4-7-22-8-5-11-26(34)29(22)24)17-27(25)37-32(38-30)44-18-23-9-6-14-39(23)3/h4-5,7-8,10-11,23,28H,1,6,9,12,14-20H2,2-3H3/t23-,28+,33+/m0/s1. The number of halogens is 2. The Labute approximate surface area is 261 Å². The number of ether oxygens (including phenoxy) is 2. The quantitative estimate of drug-likeness (QED) is 0.326. The highest BCUT2D eigenvalue weighted by atomic mass is 35.5. The van der Waals surface area contributed by atoms with Crippen molar-refractivity contribution in [1.29, 1.82) is 5.26 Å². The number of aromatic nitrogens is 2. The molecule has 230 valence electrons. The van der Waals surface area contributed by atoms with Gasteiger partial charge in [-0.1, -0.05) is 48.5 Å². The molecule has 1 aromatic heterocycles. The summed E-state index contributed by atoms with van der Waals surface area (Å²) in [6.45, 7) is 7.62. The first-order chi connectivity index (χ1) is 21.2. The predicted molar refractivity (Wildman–Crippen MR) is 166 cm³/mol. The third-order valence-corrected chi connectivity index (χ3v) is 9.50. The number of amides is 1. The number of likely N-dealkylation sites (N-methyl/N-ethyl adjacent to an activating group) is 1. The number of nitriles is 1. The molecule has 2 aromatic carbocycles. The number of likely N-dealkylation sites (tertiary alicyclic amines) is 1. The second-order valence-electron chi connectivity index (χ2n) is 12.1. The van der Waals surface area contributed by atoms with E-state index in [2.05, 4.69) is 24.6 Å². The Morgan fingerprint density at radius 3 is 2.77 bits per heavy atom. The van der Waals surface area contributed by atoms with Gasteiger partial charge < -0.3 is 24.2 Å². The molecule has 0 spiro atoms. The second kappa shape index (κ2) is 12.3. The molecule has 6 rings (SSSR count). The molecule has 0 bridgehead atoms. The zero-order valence-corrected chi connectivity index (χ0v) is 25.8. The van der Waals surface area contributed by atoms with Crippen molar-refractivity contribution in [3.63, 3.8) is 0 Å². The highest BCUT2D eigenvalue weighted by Crippen LogP contribution is 2.40. The zero-order valence-electron chi connectivity index (χ0n) is 25.1. The van der Waals surface area contributed by atoms with Gasteiger partial charge in [0.1, 0.15) is 12.4 Å². The minimum atomic E-state index is -1.04. The number of fused-ring (bicyclic) bond motifs is 2. The Bertz CT molecular complexity index is 1640. The van der Waals surface area contributed by atoms with Gasteiger partial charge in [-0.25, -0.2) is 4.39 Å². The van der Waals surface area contributed by atoms with Gasteiger partial charge >= 0.3 is 6.01 Å². The lowest BCUT2D eigenvalue weighted by Crippen LogP contribution is -2.63. The maximum Gasteiger partial charge on any atom is 0.318 e. The van der Waals surface area contributed by atoms with Crippen molar-refractivity contribution in [2.45, 2.75) is 56.9 Å². The highest BCUT2D eigenvalue weighted by Gasteiger charge is 2.43. The molecule has 3 aliphatic heterocycles. The van der Waals surface area contributed by atoms with E-state index in [-0.39, 0.29) is 44.3 Å². The SMILES string of the molecule is C=C(F)C(=O)N1CCN(c2nc(OC[C@@H]3CCCN3C)nc3c2CO[C@@H](c2cccc4cccc(Cl)c24)C3)C[C@@]1(C)CC#N. The van der Waals surface area contributed by atoms with Crippen LogP contribution in [0.2, 0.25) is 5.02 Å². The number of nitrogens with zero attached hydrogens (tertiary/aromatic N) is 6. The lowest BCUT2D eigenvalue weighted by atomic mass is 9.91. The fraction of sp³-hybridized carbons (Fsp3) is 0.455. The summed E-state index contributed by atoms with van der Waals surface area (Å²) < 4.78 is 26.7. The average molecular weight is 619 g/mol. The minimum absolute atomic E-state index is 0.0214. The molecule has 2 fully saturated rings. The Hall–Kier alpha value is -3.78. The maximum atomic E-state index is 14.0. The average Bonchev–Trinajstić information content (AvgIpc) is 3.43. The molecule has 44 heavy (non-hydrogen) atoms.